The lowest BCUT2D eigenvalue weighted by Gasteiger charge is -2.19. The van der Waals surface area contributed by atoms with Crippen molar-refractivity contribution >= 4 is 11.7 Å². The second kappa shape index (κ2) is 9.30. The van der Waals surface area contributed by atoms with E-state index in [0.717, 1.165) is 37.4 Å². The molecule has 0 aliphatic rings. The average molecular weight is 308 g/mol. The van der Waals surface area contributed by atoms with Gasteiger partial charge in [-0.25, -0.2) is 0 Å². The van der Waals surface area contributed by atoms with E-state index in [9.17, 15) is 4.79 Å². The van der Waals surface area contributed by atoms with Gasteiger partial charge >= 0.3 is 5.97 Å². The number of nitrogens with two attached hydrogens (primary N) is 1. The van der Waals surface area contributed by atoms with Crippen LogP contribution < -0.4 is 15.8 Å². The summed E-state index contributed by atoms with van der Waals surface area (Å²) in [5, 5.41) is 3.29. The van der Waals surface area contributed by atoms with Crippen molar-refractivity contribution in [3.63, 3.8) is 0 Å². The number of ether oxygens (including phenoxy) is 2. The van der Waals surface area contributed by atoms with Gasteiger partial charge in [0.2, 0.25) is 0 Å². The molecule has 5 heteroatoms. The van der Waals surface area contributed by atoms with Crippen molar-refractivity contribution in [3.8, 4) is 5.75 Å². The van der Waals surface area contributed by atoms with Crippen LogP contribution in [0.4, 0.5) is 5.69 Å². The van der Waals surface area contributed by atoms with E-state index in [1.807, 2.05) is 45.0 Å². The fraction of sp³-hybridized carbons (Fsp3) is 0.588. The summed E-state index contributed by atoms with van der Waals surface area (Å²) in [5.74, 6) is 0.695. The van der Waals surface area contributed by atoms with Gasteiger partial charge in [0.1, 0.15) is 18.0 Å². The summed E-state index contributed by atoms with van der Waals surface area (Å²) in [5.41, 5.74) is 5.94. The molecule has 0 heterocycles. The summed E-state index contributed by atoms with van der Waals surface area (Å²) in [7, 11) is 0. The molecule has 124 valence electrons. The first-order valence-electron chi connectivity index (χ1n) is 7.78. The summed E-state index contributed by atoms with van der Waals surface area (Å²) in [6.45, 7) is 7.90. The molecular weight excluding hydrogens is 280 g/mol. The van der Waals surface area contributed by atoms with Gasteiger partial charge in [0.25, 0.3) is 0 Å². The van der Waals surface area contributed by atoms with E-state index in [-0.39, 0.29) is 5.97 Å². The number of hydrogen-bond acceptors (Lipinski definition) is 5. The van der Waals surface area contributed by atoms with Crippen LogP contribution in [0.2, 0.25) is 0 Å². The highest BCUT2D eigenvalue weighted by Crippen LogP contribution is 2.12. The van der Waals surface area contributed by atoms with E-state index in [1.54, 1.807) is 0 Å². The smallest absolute Gasteiger partial charge is 0.306 e. The highest BCUT2D eigenvalue weighted by atomic mass is 16.6. The third-order valence-corrected chi connectivity index (χ3v) is 2.83. The Hall–Kier alpha value is -1.75. The Balaban J connectivity index is 1.95. The van der Waals surface area contributed by atoms with E-state index in [4.69, 9.17) is 15.2 Å². The van der Waals surface area contributed by atoms with Gasteiger partial charge in [0, 0.05) is 18.7 Å². The fourth-order valence-corrected chi connectivity index (χ4v) is 1.84. The maximum absolute atomic E-state index is 11.5. The van der Waals surface area contributed by atoms with E-state index in [0.29, 0.717) is 13.0 Å². The molecule has 0 spiro atoms. The molecule has 0 amide bonds. The average Bonchev–Trinajstić information content (AvgIpc) is 2.42. The van der Waals surface area contributed by atoms with E-state index in [2.05, 4.69) is 5.32 Å². The molecule has 1 rings (SSSR count). The van der Waals surface area contributed by atoms with Crippen molar-refractivity contribution in [1.29, 1.82) is 0 Å². The number of unbranched alkanes of at least 4 members (excludes halogenated alkanes) is 1. The van der Waals surface area contributed by atoms with Crippen molar-refractivity contribution in [2.45, 2.75) is 45.6 Å². The molecule has 0 aliphatic heterocycles. The van der Waals surface area contributed by atoms with Gasteiger partial charge < -0.3 is 20.5 Å². The Bertz CT molecular complexity index is 438. The molecule has 0 radical (unpaired) electrons. The van der Waals surface area contributed by atoms with Crippen LogP contribution >= 0.6 is 0 Å². The number of hydrogen-bond donors (Lipinski definition) is 2. The molecule has 3 N–H and O–H groups in total. The van der Waals surface area contributed by atoms with Crippen molar-refractivity contribution in [3.05, 3.63) is 24.3 Å². The predicted molar refractivity (Wildman–Crippen MR) is 88.9 cm³/mol. The Labute approximate surface area is 133 Å². The Morgan fingerprint density at radius 2 is 1.82 bits per heavy atom. The summed E-state index contributed by atoms with van der Waals surface area (Å²) in [6, 6.07) is 7.35. The van der Waals surface area contributed by atoms with Gasteiger partial charge in [0.05, 0.1) is 0 Å². The molecular formula is C17H28N2O3. The summed E-state index contributed by atoms with van der Waals surface area (Å²) in [4.78, 5) is 11.5. The van der Waals surface area contributed by atoms with E-state index >= 15 is 0 Å². The maximum Gasteiger partial charge on any atom is 0.306 e. The van der Waals surface area contributed by atoms with Crippen LogP contribution in [0.5, 0.6) is 5.75 Å². The van der Waals surface area contributed by atoms with Crippen molar-refractivity contribution in [1.82, 2.24) is 5.32 Å². The van der Waals surface area contributed by atoms with Gasteiger partial charge in [-0.2, -0.15) is 0 Å². The quantitative estimate of drug-likeness (QED) is 0.417. The number of nitrogens with one attached hydrogen (secondary N) is 1. The molecule has 0 aliphatic carbocycles. The zero-order valence-corrected chi connectivity index (χ0v) is 13.9. The number of carbonyl (C=O) groups is 1. The van der Waals surface area contributed by atoms with E-state index < -0.39 is 5.60 Å². The topological polar surface area (TPSA) is 73.6 Å². The second-order valence-corrected chi connectivity index (χ2v) is 6.21. The van der Waals surface area contributed by atoms with Crippen LogP contribution in [0, 0.1) is 0 Å². The molecule has 0 aromatic heterocycles. The third-order valence-electron chi connectivity index (χ3n) is 2.83. The fourth-order valence-electron chi connectivity index (χ4n) is 1.84. The number of nitrogen functional groups attached to an aromatic ring is 1. The van der Waals surface area contributed by atoms with Crippen LogP contribution in [0.3, 0.4) is 0 Å². The molecule has 22 heavy (non-hydrogen) atoms. The molecule has 1 aromatic rings. The molecule has 0 saturated carbocycles. The number of carbonyl (C=O) groups excluding carboxylic acids is 1. The van der Waals surface area contributed by atoms with Gasteiger partial charge in [-0.3, -0.25) is 4.79 Å². The number of esters is 1. The number of anilines is 1. The predicted octanol–water partition coefficient (Wildman–Crippen LogP) is 2.75. The lowest BCUT2D eigenvalue weighted by atomic mass is 10.2. The molecule has 1 aromatic carbocycles. The van der Waals surface area contributed by atoms with Gasteiger partial charge in [-0.05, 0) is 64.4 Å². The minimum absolute atomic E-state index is 0.126. The maximum atomic E-state index is 11.5. The van der Waals surface area contributed by atoms with Crippen LogP contribution in [-0.4, -0.2) is 31.3 Å². The Kier molecular flexibility index (Phi) is 7.74. The SMILES string of the molecule is CC(C)(C)OC(=O)CCCCNCCOc1ccc(N)cc1. The van der Waals surface area contributed by atoms with Crippen LogP contribution in [0.25, 0.3) is 0 Å². The second-order valence-electron chi connectivity index (χ2n) is 6.21. The van der Waals surface area contributed by atoms with Gasteiger partial charge in [0.15, 0.2) is 0 Å². The van der Waals surface area contributed by atoms with Crippen molar-refractivity contribution < 1.29 is 14.3 Å². The Morgan fingerprint density at radius 3 is 2.45 bits per heavy atom. The van der Waals surface area contributed by atoms with Crippen LogP contribution in [-0.2, 0) is 9.53 Å². The highest BCUT2D eigenvalue weighted by molar-refractivity contribution is 5.69. The van der Waals surface area contributed by atoms with E-state index in [1.165, 1.54) is 0 Å². The normalized spacial score (nSPS) is 11.2. The summed E-state index contributed by atoms with van der Waals surface area (Å²) in [6.07, 6.45) is 2.25. The standard InChI is InChI=1S/C17H28N2O3/c1-17(2,3)22-16(20)6-4-5-11-19-12-13-21-15-9-7-14(18)8-10-15/h7-10,19H,4-6,11-13,18H2,1-3H3. The van der Waals surface area contributed by atoms with Gasteiger partial charge in [-0.1, -0.05) is 0 Å². The third kappa shape index (κ3) is 9.23. The van der Waals surface area contributed by atoms with Gasteiger partial charge in [-0.15, -0.1) is 0 Å². The molecule has 0 fully saturated rings. The molecule has 0 saturated heterocycles. The number of benzene rings is 1. The number of rotatable bonds is 9. The summed E-state index contributed by atoms with van der Waals surface area (Å²) < 4.78 is 10.8. The Morgan fingerprint density at radius 1 is 1.14 bits per heavy atom. The van der Waals surface area contributed by atoms with Crippen LogP contribution in [0.15, 0.2) is 24.3 Å². The van der Waals surface area contributed by atoms with Crippen molar-refractivity contribution in [2.24, 2.45) is 0 Å². The highest BCUT2D eigenvalue weighted by Gasteiger charge is 2.15. The lowest BCUT2D eigenvalue weighted by Crippen LogP contribution is -2.24. The molecule has 0 atom stereocenters. The first kappa shape index (κ1) is 18.3. The molecule has 0 bridgehead atoms. The monoisotopic (exact) mass is 308 g/mol. The largest absolute Gasteiger partial charge is 0.492 e. The lowest BCUT2D eigenvalue weighted by molar-refractivity contribution is -0.154. The molecule has 0 unspecified atom stereocenters. The van der Waals surface area contributed by atoms with Crippen molar-refractivity contribution in [2.75, 3.05) is 25.4 Å². The first-order valence-corrected chi connectivity index (χ1v) is 7.78. The molecule has 5 nitrogen and oxygen atoms in total. The first-order chi connectivity index (χ1) is 10.4. The minimum atomic E-state index is -0.394. The van der Waals surface area contributed by atoms with Crippen LogP contribution in [0.1, 0.15) is 40.0 Å². The minimum Gasteiger partial charge on any atom is -0.492 e. The zero-order valence-electron chi connectivity index (χ0n) is 13.9. The zero-order chi connectivity index (χ0) is 16.4. The summed E-state index contributed by atoms with van der Waals surface area (Å²) >= 11 is 0.